The van der Waals surface area contributed by atoms with Crippen molar-refractivity contribution >= 4 is 41.7 Å². The first-order valence-corrected chi connectivity index (χ1v) is 11.3. The summed E-state index contributed by atoms with van der Waals surface area (Å²) in [6.07, 6.45) is 2.55. The van der Waals surface area contributed by atoms with E-state index in [4.69, 9.17) is 4.74 Å². The highest BCUT2D eigenvalue weighted by Gasteiger charge is 2.22. The number of nitrogens with one attached hydrogen (secondary N) is 4. The third kappa shape index (κ3) is 9.49. The number of amides is 2. The van der Waals surface area contributed by atoms with Crippen LogP contribution in [0.4, 0.5) is 10.5 Å². The molecule has 0 aliphatic heterocycles. The zero-order valence-electron chi connectivity index (χ0n) is 19.9. The van der Waals surface area contributed by atoms with Crippen LogP contribution in [0, 0.1) is 12.8 Å². The number of hydrogen-bond donors (Lipinski definition) is 4. The maximum atomic E-state index is 11.8. The van der Waals surface area contributed by atoms with E-state index in [1.54, 1.807) is 7.05 Å². The van der Waals surface area contributed by atoms with Crippen LogP contribution in [0.3, 0.4) is 0 Å². The third-order valence-corrected chi connectivity index (χ3v) is 5.16. The number of halogens is 1. The van der Waals surface area contributed by atoms with Gasteiger partial charge in [0.25, 0.3) is 0 Å². The standard InChI is InChI=1S/C25H35N5O2.HI/c1-17(2)29-25(31)30-22-11-8-19(9-12-22)14-27-24(26-4)28-15-21-10-5-18(3)13-23(21)32-16-20-6-7-20;/h5,8-13,17,20H,6-7,14-16H2,1-4H3,(H2,26,27,28)(H2,29,30,31);1H. The van der Waals surface area contributed by atoms with Crippen molar-refractivity contribution in [2.45, 2.75) is 52.7 Å². The van der Waals surface area contributed by atoms with Gasteiger partial charge in [0.15, 0.2) is 5.96 Å². The Kier molecular flexibility index (Phi) is 10.8. The van der Waals surface area contributed by atoms with Gasteiger partial charge >= 0.3 is 6.03 Å². The molecule has 33 heavy (non-hydrogen) atoms. The van der Waals surface area contributed by atoms with E-state index in [0.29, 0.717) is 13.1 Å². The van der Waals surface area contributed by atoms with Crippen LogP contribution in [0.5, 0.6) is 5.75 Å². The number of nitrogens with zero attached hydrogens (tertiary/aromatic N) is 1. The second kappa shape index (κ2) is 13.3. The van der Waals surface area contributed by atoms with Crippen LogP contribution < -0.4 is 26.0 Å². The summed E-state index contributed by atoms with van der Waals surface area (Å²) >= 11 is 0. The summed E-state index contributed by atoms with van der Waals surface area (Å²) in [5.74, 6) is 2.39. The third-order valence-electron chi connectivity index (χ3n) is 5.16. The lowest BCUT2D eigenvalue weighted by atomic mass is 10.1. The molecule has 0 bridgehead atoms. The van der Waals surface area contributed by atoms with E-state index >= 15 is 0 Å². The molecule has 0 unspecified atom stereocenters. The number of aryl methyl sites for hydroxylation is 1. The lowest BCUT2D eigenvalue weighted by Gasteiger charge is -2.16. The first kappa shape index (κ1) is 26.8. The monoisotopic (exact) mass is 565 g/mol. The van der Waals surface area contributed by atoms with Crippen molar-refractivity contribution in [1.82, 2.24) is 16.0 Å². The molecule has 1 aliphatic rings. The molecule has 1 fully saturated rings. The van der Waals surface area contributed by atoms with E-state index in [9.17, 15) is 4.79 Å². The number of guanidine groups is 1. The highest BCUT2D eigenvalue weighted by atomic mass is 127. The van der Waals surface area contributed by atoms with Crippen LogP contribution in [0.2, 0.25) is 0 Å². The molecule has 2 aromatic rings. The van der Waals surface area contributed by atoms with Gasteiger partial charge in [-0.15, -0.1) is 24.0 Å². The summed E-state index contributed by atoms with van der Waals surface area (Å²) in [7, 11) is 1.76. The lowest BCUT2D eigenvalue weighted by Crippen LogP contribution is -2.36. The van der Waals surface area contributed by atoms with Crippen LogP contribution >= 0.6 is 24.0 Å². The normalized spacial score (nSPS) is 13.2. The summed E-state index contributed by atoms with van der Waals surface area (Å²) < 4.78 is 6.06. The molecule has 0 heterocycles. The van der Waals surface area contributed by atoms with Gasteiger partial charge in [0, 0.05) is 37.4 Å². The van der Waals surface area contributed by atoms with Crippen molar-refractivity contribution in [2.75, 3.05) is 19.0 Å². The Balaban J connectivity index is 0.00000385. The number of carbonyl (C=O) groups excluding carboxylic acids is 1. The predicted molar refractivity (Wildman–Crippen MR) is 146 cm³/mol. The Labute approximate surface area is 214 Å². The van der Waals surface area contributed by atoms with Crippen LogP contribution in [0.25, 0.3) is 0 Å². The van der Waals surface area contributed by atoms with Crippen molar-refractivity contribution in [3.05, 3.63) is 59.2 Å². The second-order valence-electron chi connectivity index (χ2n) is 8.59. The van der Waals surface area contributed by atoms with E-state index in [-0.39, 0.29) is 36.0 Å². The predicted octanol–water partition coefficient (Wildman–Crippen LogP) is 4.80. The smallest absolute Gasteiger partial charge is 0.319 e. The second-order valence-corrected chi connectivity index (χ2v) is 8.59. The molecule has 4 N–H and O–H groups in total. The van der Waals surface area contributed by atoms with Crippen LogP contribution in [0.1, 0.15) is 43.4 Å². The molecule has 0 radical (unpaired) electrons. The average Bonchev–Trinajstić information content (AvgIpc) is 3.58. The number of benzene rings is 2. The van der Waals surface area contributed by atoms with Gasteiger partial charge in [0.1, 0.15) is 5.75 Å². The Bertz CT molecular complexity index is 927. The quantitative estimate of drug-likeness (QED) is 0.200. The number of carbonyl (C=O) groups is 1. The number of rotatable bonds is 9. The maximum Gasteiger partial charge on any atom is 0.319 e. The van der Waals surface area contributed by atoms with Gasteiger partial charge in [0.05, 0.1) is 6.61 Å². The Morgan fingerprint density at radius 1 is 1.09 bits per heavy atom. The molecule has 0 spiro atoms. The van der Waals surface area contributed by atoms with E-state index in [1.165, 1.54) is 18.4 Å². The van der Waals surface area contributed by atoms with Gasteiger partial charge in [-0.05, 0) is 68.9 Å². The molecule has 1 saturated carbocycles. The van der Waals surface area contributed by atoms with Gasteiger partial charge < -0.3 is 26.0 Å². The number of anilines is 1. The molecule has 7 nitrogen and oxygen atoms in total. The minimum absolute atomic E-state index is 0. The Morgan fingerprint density at radius 2 is 1.79 bits per heavy atom. The fraction of sp³-hybridized carbons (Fsp3) is 0.440. The van der Waals surface area contributed by atoms with Gasteiger partial charge in [-0.1, -0.05) is 24.3 Å². The van der Waals surface area contributed by atoms with Crippen LogP contribution in [-0.2, 0) is 13.1 Å². The van der Waals surface area contributed by atoms with Crippen LogP contribution in [-0.4, -0.2) is 31.7 Å². The van der Waals surface area contributed by atoms with E-state index < -0.39 is 0 Å². The fourth-order valence-corrected chi connectivity index (χ4v) is 3.15. The summed E-state index contributed by atoms with van der Waals surface area (Å²) in [4.78, 5) is 16.1. The highest BCUT2D eigenvalue weighted by Crippen LogP contribution is 2.30. The summed E-state index contributed by atoms with van der Waals surface area (Å²) in [6, 6.07) is 14.0. The number of urea groups is 1. The lowest BCUT2D eigenvalue weighted by molar-refractivity contribution is 0.250. The molecule has 0 atom stereocenters. The molecular formula is C25H36IN5O2. The van der Waals surface area contributed by atoms with Gasteiger partial charge in [-0.3, -0.25) is 4.99 Å². The molecule has 2 aromatic carbocycles. The molecule has 180 valence electrons. The SMILES string of the molecule is CN=C(NCc1ccc(NC(=O)NC(C)C)cc1)NCc1ccc(C)cc1OCC1CC1.I. The summed E-state index contributed by atoms with van der Waals surface area (Å²) in [5, 5.41) is 12.3. The Hall–Kier alpha value is -2.49. The minimum Gasteiger partial charge on any atom is -0.493 e. The van der Waals surface area contributed by atoms with Crippen molar-refractivity contribution in [2.24, 2.45) is 10.9 Å². The topological polar surface area (TPSA) is 86.8 Å². The first-order chi connectivity index (χ1) is 15.4. The van der Waals surface area contributed by atoms with Crippen LogP contribution in [0.15, 0.2) is 47.5 Å². The minimum atomic E-state index is -0.202. The zero-order chi connectivity index (χ0) is 22.9. The molecule has 2 amide bonds. The molecule has 1 aliphatic carbocycles. The van der Waals surface area contributed by atoms with Crippen molar-refractivity contribution < 1.29 is 9.53 Å². The van der Waals surface area contributed by atoms with Gasteiger partial charge in [-0.2, -0.15) is 0 Å². The van der Waals surface area contributed by atoms with Gasteiger partial charge in [-0.25, -0.2) is 4.79 Å². The highest BCUT2D eigenvalue weighted by molar-refractivity contribution is 14.0. The first-order valence-electron chi connectivity index (χ1n) is 11.3. The van der Waals surface area contributed by atoms with Crippen molar-refractivity contribution in [3.63, 3.8) is 0 Å². The number of aliphatic imine (C=N–C) groups is 1. The maximum absolute atomic E-state index is 11.8. The largest absolute Gasteiger partial charge is 0.493 e. The zero-order valence-corrected chi connectivity index (χ0v) is 22.2. The van der Waals surface area contributed by atoms with Crippen molar-refractivity contribution in [3.8, 4) is 5.75 Å². The molecule has 0 saturated heterocycles. The van der Waals surface area contributed by atoms with E-state index in [2.05, 4.69) is 51.4 Å². The van der Waals surface area contributed by atoms with Crippen molar-refractivity contribution in [1.29, 1.82) is 0 Å². The molecular weight excluding hydrogens is 529 g/mol. The van der Waals surface area contributed by atoms with E-state index in [0.717, 1.165) is 41.0 Å². The average molecular weight is 566 g/mol. The van der Waals surface area contributed by atoms with E-state index in [1.807, 2.05) is 38.1 Å². The summed E-state index contributed by atoms with van der Waals surface area (Å²) in [5.41, 5.74) is 4.16. The summed E-state index contributed by atoms with van der Waals surface area (Å²) in [6.45, 7) is 7.99. The number of hydrogen-bond acceptors (Lipinski definition) is 3. The number of ether oxygens (including phenoxy) is 1. The molecule has 8 heteroatoms. The van der Waals surface area contributed by atoms with Gasteiger partial charge in [0.2, 0.25) is 0 Å². The molecule has 3 rings (SSSR count). The fourth-order valence-electron chi connectivity index (χ4n) is 3.15. The molecule has 0 aromatic heterocycles. The Morgan fingerprint density at radius 3 is 2.42 bits per heavy atom.